The lowest BCUT2D eigenvalue weighted by molar-refractivity contribution is 0.625. The molecule has 0 spiro atoms. The quantitative estimate of drug-likeness (QED) is 0.911. The molecule has 1 atom stereocenters. The summed E-state index contributed by atoms with van der Waals surface area (Å²) in [4.78, 5) is 0. The highest BCUT2D eigenvalue weighted by Gasteiger charge is 2.11. The predicted octanol–water partition coefficient (Wildman–Crippen LogP) is 3.87. The molecule has 2 aromatic carbocycles. The summed E-state index contributed by atoms with van der Waals surface area (Å²) < 4.78 is 13.9. The van der Waals surface area contributed by atoms with Gasteiger partial charge in [-0.05, 0) is 48.4 Å². The van der Waals surface area contributed by atoms with Crippen LogP contribution in [0, 0.1) is 5.82 Å². The first-order valence-corrected chi connectivity index (χ1v) is 6.68. The van der Waals surface area contributed by atoms with Crippen LogP contribution in [0.15, 0.2) is 53.0 Å². The van der Waals surface area contributed by atoms with Gasteiger partial charge in [-0.15, -0.1) is 0 Å². The Morgan fingerprint density at radius 2 is 1.83 bits per heavy atom. The first kappa shape index (κ1) is 13.2. The van der Waals surface area contributed by atoms with E-state index in [-0.39, 0.29) is 11.7 Å². The van der Waals surface area contributed by atoms with Gasteiger partial charge in [0.05, 0.1) is 0 Å². The molecule has 0 aliphatic carbocycles. The van der Waals surface area contributed by atoms with E-state index in [0.717, 1.165) is 16.5 Å². The number of hydrogen-bond acceptors (Lipinski definition) is 1. The summed E-state index contributed by atoms with van der Waals surface area (Å²) in [6.45, 7) is 0.577. The van der Waals surface area contributed by atoms with Crippen molar-refractivity contribution in [3.63, 3.8) is 0 Å². The van der Waals surface area contributed by atoms with Crippen molar-refractivity contribution in [3.05, 3.63) is 69.9 Å². The van der Waals surface area contributed by atoms with Crippen molar-refractivity contribution in [2.75, 3.05) is 6.54 Å². The number of benzene rings is 2. The maximum atomic E-state index is 12.9. The first-order valence-electron chi connectivity index (χ1n) is 5.89. The zero-order chi connectivity index (χ0) is 13.0. The molecule has 2 aromatic rings. The molecule has 0 aromatic heterocycles. The molecule has 0 amide bonds. The lowest BCUT2D eigenvalue weighted by atomic mass is 9.92. The Morgan fingerprint density at radius 3 is 2.44 bits per heavy atom. The first-order chi connectivity index (χ1) is 8.69. The molecule has 18 heavy (non-hydrogen) atoms. The van der Waals surface area contributed by atoms with Crippen LogP contribution in [0.3, 0.4) is 0 Å². The molecule has 94 valence electrons. The van der Waals surface area contributed by atoms with Crippen LogP contribution in [-0.2, 0) is 6.42 Å². The minimum absolute atomic E-state index is 0.203. The van der Waals surface area contributed by atoms with Gasteiger partial charge in [-0.25, -0.2) is 4.39 Å². The zero-order valence-electron chi connectivity index (χ0n) is 9.94. The van der Waals surface area contributed by atoms with E-state index in [1.54, 1.807) is 0 Å². The van der Waals surface area contributed by atoms with Crippen molar-refractivity contribution in [1.29, 1.82) is 0 Å². The van der Waals surface area contributed by atoms with Crippen LogP contribution in [0.25, 0.3) is 0 Å². The zero-order valence-corrected chi connectivity index (χ0v) is 11.5. The smallest absolute Gasteiger partial charge is 0.123 e. The van der Waals surface area contributed by atoms with Crippen molar-refractivity contribution in [2.24, 2.45) is 5.73 Å². The third kappa shape index (κ3) is 3.40. The van der Waals surface area contributed by atoms with Crippen LogP contribution in [0.5, 0.6) is 0 Å². The van der Waals surface area contributed by atoms with Gasteiger partial charge in [-0.2, -0.15) is 0 Å². The monoisotopic (exact) mass is 307 g/mol. The van der Waals surface area contributed by atoms with E-state index < -0.39 is 0 Å². The highest BCUT2D eigenvalue weighted by molar-refractivity contribution is 9.10. The SMILES string of the molecule is NCC(Cc1ccc(F)cc1)c1cccc(Br)c1. The van der Waals surface area contributed by atoms with Crippen molar-refractivity contribution in [2.45, 2.75) is 12.3 Å². The van der Waals surface area contributed by atoms with Crippen molar-refractivity contribution < 1.29 is 4.39 Å². The molecule has 0 aliphatic heterocycles. The van der Waals surface area contributed by atoms with Crippen molar-refractivity contribution in [1.82, 2.24) is 0 Å². The Hall–Kier alpha value is -1.19. The van der Waals surface area contributed by atoms with E-state index in [2.05, 4.69) is 28.1 Å². The summed E-state index contributed by atoms with van der Waals surface area (Å²) in [7, 11) is 0. The van der Waals surface area contributed by atoms with Gasteiger partial charge in [-0.1, -0.05) is 40.2 Å². The summed E-state index contributed by atoms with van der Waals surface area (Å²) in [6.07, 6.45) is 0.827. The minimum atomic E-state index is -0.203. The highest BCUT2D eigenvalue weighted by Crippen LogP contribution is 2.23. The molecule has 0 fully saturated rings. The number of halogens is 2. The van der Waals surface area contributed by atoms with E-state index in [0.29, 0.717) is 6.54 Å². The van der Waals surface area contributed by atoms with Crippen LogP contribution in [0.4, 0.5) is 4.39 Å². The number of nitrogens with two attached hydrogens (primary N) is 1. The lowest BCUT2D eigenvalue weighted by Gasteiger charge is -2.15. The standard InChI is InChI=1S/C15H15BrFN/c16-14-3-1-2-12(9-14)13(10-18)8-11-4-6-15(17)7-5-11/h1-7,9,13H,8,10,18H2. The molecule has 2 N–H and O–H groups in total. The van der Waals surface area contributed by atoms with Crippen LogP contribution in [0.1, 0.15) is 17.0 Å². The fraction of sp³-hybridized carbons (Fsp3) is 0.200. The third-order valence-corrected chi connectivity index (χ3v) is 3.49. The topological polar surface area (TPSA) is 26.0 Å². The summed E-state index contributed by atoms with van der Waals surface area (Å²) in [5, 5.41) is 0. The van der Waals surface area contributed by atoms with Crippen molar-refractivity contribution >= 4 is 15.9 Å². The molecule has 0 saturated heterocycles. The average molecular weight is 308 g/mol. The highest BCUT2D eigenvalue weighted by atomic mass is 79.9. The summed E-state index contributed by atoms with van der Waals surface area (Å²) >= 11 is 3.46. The third-order valence-electron chi connectivity index (χ3n) is 3.00. The molecule has 0 radical (unpaired) electrons. The Balaban J connectivity index is 2.17. The molecular formula is C15H15BrFN. The normalized spacial score (nSPS) is 12.4. The van der Waals surface area contributed by atoms with Crippen LogP contribution >= 0.6 is 15.9 Å². The number of hydrogen-bond donors (Lipinski definition) is 1. The largest absolute Gasteiger partial charge is 0.330 e. The van der Waals surface area contributed by atoms with Gasteiger partial charge in [0.25, 0.3) is 0 Å². The fourth-order valence-corrected chi connectivity index (χ4v) is 2.42. The Bertz CT molecular complexity index is 510. The Labute approximate surface area is 115 Å². The fourth-order valence-electron chi connectivity index (χ4n) is 2.00. The molecule has 0 heterocycles. The van der Waals surface area contributed by atoms with Gasteiger partial charge < -0.3 is 5.73 Å². The maximum Gasteiger partial charge on any atom is 0.123 e. The van der Waals surface area contributed by atoms with E-state index in [1.165, 1.54) is 17.7 Å². The van der Waals surface area contributed by atoms with Gasteiger partial charge >= 0.3 is 0 Å². The second-order valence-electron chi connectivity index (χ2n) is 4.32. The Morgan fingerprint density at radius 1 is 1.11 bits per heavy atom. The van der Waals surface area contributed by atoms with Crippen molar-refractivity contribution in [3.8, 4) is 0 Å². The van der Waals surface area contributed by atoms with E-state index >= 15 is 0 Å². The second kappa shape index (κ2) is 6.12. The van der Waals surface area contributed by atoms with Crippen LogP contribution in [-0.4, -0.2) is 6.54 Å². The molecule has 0 bridgehead atoms. The molecular weight excluding hydrogens is 293 g/mol. The second-order valence-corrected chi connectivity index (χ2v) is 5.23. The van der Waals surface area contributed by atoms with Crippen LogP contribution in [0.2, 0.25) is 0 Å². The van der Waals surface area contributed by atoms with E-state index in [9.17, 15) is 4.39 Å². The maximum absolute atomic E-state index is 12.9. The lowest BCUT2D eigenvalue weighted by Crippen LogP contribution is -2.15. The minimum Gasteiger partial charge on any atom is -0.330 e. The molecule has 0 aliphatic rings. The van der Waals surface area contributed by atoms with Gasteiger partial charge in [0.15, 0.2) is 0 Å². The molecule has 1 unspecified atom stereocenters. The number of rotatable bonds is 4. The molecule has 2 rings (SSSR count). The van der Waals surface area contributed by atoms with Crippen LogP contribution < -0.4 is 5.73 Å². The van der Waals surface area contributed by atoms with Gasteiger partial charge in [0.1, 0.15) is 5.82 Å². The van der Waals surface area contributed by atoms with Gasteiger partial charge in [0, 0.05) is 10.4 Å². The summed E-state index contributed by atoms with van der Waals surface area (Å²) in [5.74, 6) is 0.0541. The molecule has 0 saturated carbocycles. The molecule has 1 nitrogen and oxygen atoms in total. The Kier molecular flexibility index (Phi) is 4.50. The molecule has 3 heteroatoms. The van der Waals surface area contributed by atoms with Gasteiger partial charge in [0.2, 0.25) is 0 Å². The van der Waals surface area contributed by atoms with E-state index in [1.807, 2.05) is 24.3 Å². The summed E-state index contributed by atoms with van der Waals surface area (Å²) in [5.41, 5.74) is 8.15. The van der Waals surface area contributed by atoms with Gasteiger partial charge in [-0.3, -0.25) is 0 Å². The van der Waals surface area contributed by atoms with E-state index in [4.69, 9.17) is 5.73 Å². The average Bonchev–Trinajstić information content (AvgIpc) is 2.38. The predicted molar refractivity (Wildman–Crippen MR) is 76.0 cm³/mol. The summed E-state index contributed by atoms with van der Waals surface area (Å²) in [6, 6.07) is 14.8.